The van der Waals surface area contributed by atoms with Gasteiger partial charge in [-0.3, -0.25) is 9.78 Å². The molecule has 0 saturated heterocycles. The highest BCUT2D eigenvalue weighted by Gasteiger charge is 1.98. The highest BCUT2D eigenvalue weighted by Crippen LogP contribution is 2.13. The van der Waals surface area contributed by atoms with E-state index in [0.717, 1.165) is 11.3 Å². The van der Waals surface area contributed by atoms with Gasteiger partial charge >= 0.3 is 0 Å². The molecule has 2 rings (SSSR count). The summed E-state index contributed by atoms with van der Waals surface area (Å²) in [7, 11) is 0. The molecule has 0 aromatic carbocycles. The van der Waals surface area contributed by atoms with Gasteiger partial charge < -0.3 is 0 Å². The third kappa shape index (κ3) is 1.19. The third-order valence-corrected chi connectivity index (χ3v) is 1.68. The molecule has 0 N–H and O–H groups in total. The zero-order valence-electron chi connectivity index (χ0n) is 6.40. The fraction of sp³-hybridized carbons (Fsp3) is 0. The Labute approximate surface area is 69.9 Å². The number of hydrogen-bond acceptors (Lipinski definition) is 2. The van der Waals surface area contributed by atoms with Crippen LogP contribution in [0.1, 0.15) is 0 Å². The van der Waals surface area contributed by atoms with Crippen molar-refractivity contribution >= 4 is 0 Å². The summed E-state index contributed by atoms with van der Waals surface area (Å²) in [5, 5.41) is 0. The van der Waals surface area contributed by atoms with Gasteiger partial charge in [0.05, 0.1) is 11.9 Å². The predicted octanol–water partition coefficient (Wildman–Crippen LogP) is 1.55. The molecule has 12 heavy (non-hydrogen) atoms. The first kappa shape index (κ1) is 6.98. The molecule has 0 aromatic heterocycles. The lowest BCUT2D eigenvalue weighted by molar-refractivity contribution is 1.29. The zero-order chi connectivity index (χ0) is 8.39. The van der Waals surface area contributed by atoms with Gasteiger partial charge in [-0.2, -0.15) is 0 Å². The molecule has 0 saturated carbocycles. The van der Waals surface area contributed by atoms with E-state index in [0.29, 0.717) is 0 Å². The summed E-state index contributed by atoms with van der Waals surface area (Å²) < 4.78 is 0. The molecule has 0 unspecified atom stereocenters. The Morgan fingerprint density at radius 1 is 1.08 bits per heavy atom. The smallest absolute Gasteiger partial charge is 0.197 e. The van der Waals surface area contributed by atoms with Crippen molar-refractivity contribution in [2.45, 2.75) is 0 Å². The van der Waals surface area contributed by atoms with Crippen molar-refractivity contribution in [3.63, 3.8) is 0 Å². The van der Waals surface area contributed by atoms with Crippen LogP contribution in [0.5, 0.6) is 0 Å². The summed E-state index contributed by atoms with van der Waals surface area (Å²) in [5.41, 5.74) is 1.68. The molecule has 0 radical (unpaired) electrons. The Morgan fingerprint density at radius 3 is 2.83 bits per heavy atom. The Morgan fingerprint density at radius 2 is 1.92 bits per heavy atom. The lowest BCUT2D eigenvalue weighted by Gasteiger charge is -1.94. The second-order valence-corrected chi connectivity index (χ2v) is 2.56. The van der Waals surface area contributed by atoms with Crippen LogP contribution in [0.2, 0.25) is 0 Å². The summed E-state index contributed by atoms with van der Waals surface area (Å²) in [6, 6.07) is 11.1. The van der Waals surface area contributed by atoms with Gasteiger partial charge in [0.1, 0.15) is 0 Å². The van der Waals surface area contributed by atoms with E-state index in [1.807, 2.05) is 30.3 Å². The Balaban J connectivity index is 2.82. The molecule has 0 spiro atoms. The maximum atomic E-state index is 10.9. The molecule has 1 aliphatic heterocycles. The van der Waals surface area contributed by atoms with Gasteiger partial charge in [0.2, 0.25) is 0 Å². The maximum Gasteiger partial charge on any atom is 0.197 e. The molecule has 2 nitrogen and oxygen atoms in total. The average Bonchev–Trinajstić information content (AvgIpc) is 2.28. The first-order valence-corrected chi connectivity index (χ1v) is 3.71. The number of pyridine rings is 1. The van der Waals surface area contributed by atoms with Crippen LogP contribution in [0, 0.1) is 0 Å². The first-order valence-electron chi connectivity index (χ1n) is 3.71. The van der Waals surface area contributed by atoms with Crippen LogP contribution < -0.4 is 5.43 Å². The highest BCUT2D eigenvalue weighted by atomic mass is 16.1. The van der Waals surface area contributed by atoms with E-state index < -0.39 is 0 Å². The van der Waals surface area contributed by atoms with Crippen LogP contribution in [0.25, 0.3) is 11.3 Å². The van der Waals surface area contributed by atoms with Crippen molar-refractivity contribution in [2.24, 2.45) is 0 Å². The standard InChI is InChI=1S/C10H7NO/c12-9-6-8-4-2-1-3-5-10(8)11-7-9/h1-7H. The van der Waals surface area contributed by atoms with Crippen molar-refractivity contribution in [1.29, 1.82) is 0 Å². The van der Waals surface area contributed by atoms with Crippen molar-refractivity contribution in [1.82, 2.24) is 4.98 Å². The molecule has 1 aliphatic carbocycles. The topological polar surface area (TPSA) is 30.0 Å². The van der Waals surface area contributed by atoms with E-state index in [-0.39, 0.29) is 5.43 Å². The largest absolute Gasteiger partial charge is 0.288 e. The van der Waals surface area contributed by atoms with Crippen LogP contribution in [0.15, 0.2) is 47.4 Å². The molecule has 2 heteroatoms. The number of rotatable bonds is 0. The Kier molecular flexibility index (Phi) is 1.59. The Bertz CT molecular complexity index is 425. The van der Waals surface area contributed by atoms with Gasteiger partial charge in [0, 0.05) is 5.56 Å². The fourth-order valence-corrected chi connectivity index (χ4v) is 1.11. The van der Waals surface area contributed by atoms with Crippen molar-refractivity contribution in [3.8, 4) is 11.3 Å². The summed E-state index contributed by atoms with van der Waals surface area (Å²) >= 11 is 0. The molecular formula is C10H7NO. The molecule has 0 atom stereocenters. The monoisotopic (exact) mass is 157 g/mol. The van der Waals surface area contributed by atoms with Gasteiger partial charge in [-0.25, -0.2) is 0 Å². The minimum atomic E-state index is -0.0475. The number of fused-ring (bicyclic) bond motifs is 1. The molecule has 58 valence electrons. The number of aromatic nitrogens is 1. The summed E-state index contributed by atoms with van der Waals surface area (Å²) in [5.74, 6) is 0. The minimum absolute atomic E-state index is 0.0475. The highest BCUT2D eigenvalue weighted by molar-refractivity contribution is 5.58. The summed E-state index contributed by atoms with van der Waals surface area (Å²) in [6.45, 7) is 0. The van der Waals surface area contributed by atoms with Crippen molar-refractivity contribution in [2.75, 3.05) is 0 Å². The lowest BCUT2D eigenvalue weighted by atomic mass is 10.2. The molecule has 0 bridgehead atoms. The predicted molar refractivity (Wildman–Crippen MR) is 47.1 cm³/mol. The summed E-state index contributed by atoms with van der Waals surface area (Å²) in [6.07, 6.45) is 1.34. The van der Waals surface area contributed by atoms with E-state index >= 15 is 0 Å². The van der Waals surface area contributed by atoms with Gasteiger partial charge in [0.25, 0.3) is 0 Å². The lowest BCUT2D eigenvalue weighted by Crippen LogP contribution is -1.99. The average molecular weight is 157 g/mol. The third-order valence-electron chi connectivity index (χ3n) is 1.68. The van der Waals surface area contributed by atoms with Crippen molar-refractivity contribution < 1.29 is 0 Å². The quantitative estimate of drug-likeness (QED) is 0.580. The molecule has 0 amide bonds. The van der Waals surface area contributed by atoms with Crippen LogP contribution in [0.3, 0.4) is 0 Å². The van der Waals surface area contributed by atoms with Gasteiger partial charge in [-0.05, 0) is 12.1 Å². The second kappa shape index (κ2) is 2.74. The van der Waals surface area contributed by atoms with Gasteiger partial charge in [-0.1, -0.05) is 24.3 Å². The van der Waals surface area contributed by atoms with Crippen LogP contribution >= 0.6 is 0 Å². The second-order valence-electron chi connectivity index (χ2n) is 2.56. The SMILES string of the molecule is O=c1cnc2cccccc-2c1. The molecule has 1 heterocycles. The van der Waals surface area contributed by atoms with E-state index in [2.05, 4.69) is 4.98 Å². The van der Waals surface area contributed by atoms with E-state index in [9.17, 15) is 4.79 Å². The molecule has 0 fully saturated rings. The first-order chi connectivity index (χ1) is 5.86. The summed E-state index contributed by atoms with van der Waals surface area (Å²) in [4.78, 5) is 14.9. The van der Waals surface area contributed by atoms with Crippen LogP contribution in [0.4, 0.5) is 0 Å². The van der Waals surface area contributed by atoms with Crippen LogP contribution in [-0.4, -0.2) is 4.98 Å². The molecule has 0 aromatic rings. The van der Waals surface area contributed by atoms with E-state index in [4.69, 9.17) is 0 Å². The van der Waals surface area contributed by atoms with Gasteiger partial charge in [0.15, 0.2) is 5.43 Å². The minimum Gasteiger partial charge on any atom is -0.288 e. The number of nitrogens with zero attached hydrogens (tertiary/aromatic N) is 1. The maximum absolute atomic E-state index is 10.9. The normalized spacial score (nSPS) is 10.0. The van der Waals surface area contributed by atoms with Crippen molar-refractivity contribution in [3.05, 3.63) is 52.8 Å². The fourth-order valence-electron chi connectivity index (χ4n) is 1.11. The Hall–Kier alpha value is -1.70. The zero-order valence-corrected chi connectivity index (χ0v) is 6.40. The van der Waals surface area contributed by atoms with E-state index in [1.165, 1.54) is 6.20 Å². The molecular weight excluding hydrogens is 150 g/mol. The van der Waals surface area contributed by atoms with Gasteiger partial charge in [-0.15, -0.1) is 0 Å². The number of hydrogen-bond donors (Lipinski definition) is 0. The van der Waals surface area contributed by atoms with Crippen LogP contribution in [-0.2, 0) is 0 Å². The van der Waals surface area contributed by atoms with E-state index in [1.54, 1.807) is 6.07 Å². The molecule has 2 aliphatic rings.